The van der Waals surface area contributed by atoms with Crippen molar-refractivity contribution in [2.75, 3.05) is 4.72 Å². The largest absolute Gasteiger partial charge is 0.512 e. The summed E-state index contributed by atoms with van der Waals surface area (Å²) in [7, 11) is -4.01. The van der Waals surface area contributed by atoms with Crippen molar-refractivity contribution in [3.8, 4) is 0 Å². The Labute approximate surface area is 267 Å². The van der Waals surface area contributed by atoms with Crippen molar-refractivity contribution in [1.29, 1.82) is 0 Å². The SMILES string of the molecule is O=C1OC(CCc2ccccc2)(CCc2ccccc2)CC(O)=C1CCCc1cccc(NS(=O)(=O)c2ncnc3nc[nH]c23)c1. The lowest BCUT2D eigenvalue weighted by Gasteiger charge is -2.37. The number of ether oxygens (including phenoxy) is 1. The van der Waals surface area contributed by atoms with Crippen molar-refractivity contribution in [1.82, 2.24) is 19.9 Å². The number of fused-ring (bicyclic) bond motifs is 1. The maximum Gasteiger partial charge on any atom is 0.337 e. The van der Waals surface area contributed by atoms with E-state index in [2.05, 4.69) is 48.9 Å². The van der Waals surface area contributed by atoms with Gasteiger partial charge in [-0.3, -0.25) is 4.72 Å². The first-order valence-corrected chi connectivity index (χ1v) is 16.8. The van der Waals surface area contributed by atoms with E-state index in [0.717, 1.165) is 35.9 Å². The Balaban J connectivity index is 1.11. The summed E-state index contributed by atoms with van der Waals surface area (Å²) in [5, 5.41) is 11.0. The Morgan fingerprint density at radius 2 is 1.50 bits per heavy atom. The van der Waals surface area contributed by atoms with Crippen LogP contribution in [-0.4, -0.2) is 45.0 Å². The van der Waals surface area contributed by atoms with Crippen molar-refractivity contribution in [2.24, 2.45) is 0 Å². The first-order chi connectivity index (χ1) is 22.3. The van der Waals surface area contributed by atoms with Crippen LogP contribution in [0.3, 0.4) is 0 Å². The highest BCUT2D eigenvalue weighted by atomic mass is 32.2. The van der Waals surface area contributed by atoms with Crippen LogP contribution in [-0.2, 0) is 38.8 Å². The Morgan fingerprint density at radius 3 is 2.17 bits per heavy atom. The molecule has 5 aromatic rings. The van der Waals surface area contributed by atoms with E-state index in [1.165, 1.54) is 6.33 Å². The van der Waals surface area contributed by atoms with Gasteiger partial charge >= 0.3 is 5.97 Å². The highest BCUT2D eigenvalue weighted by Crippen LogP contribution is 2.38. The number of nitrogens with one attached hydrogen (secondary N) is 2. The fraction of sp³-hybridized carbons (Fsp3) is 0.257. The molecule has 0 amide bonds. The number of hydrogen-bond donors (Lipinski definition) is 3. The molecule has 0 radical (unpaired) electrons. The van der Waals surface area contributed by atoms with Gasteiger partial charge in [0, 0.05) is 12.1 Å². The molecule has 236 valence electrons. The van der Waals surface area contributed by atoms with Gasteiger partial charge in [0.05, 0.1) is 11.9 Å². The number of H-pyrrole nitrogens is 1. The summed E-state index contributed by atoms with van der Waals surface area (Å²) in [6.07, 6.45) is 6.94. The van der Waals surface area contributed by atoms with E-state index in [0.29, 0.717) is 43.4 Å². The van der Waals surface area contributed by atoms with Crippen molar-refractivity contribution in [3.05, 3.63) is 126 Å². The van der Waals surface area contributed by atoms with E-state index in [9.17, 15) is 18.3 Å². The zero-order valence-corrected chi connectivity index (χ0v) is 26.0. The van der Waals surface area contributed by atoms with Crippen LogP contribution in [0, 0.1) is 0 Å². The molecule has 46 heavy (non-hydrogen) atoms. The van der Waals surface area contributed by atoms with Gasteiger partial charge in [0.2, 0.25) is 5.03 Å². The number of benzene rings is 3. The van der Waals surface area contributed by atoms with E-state index in [4.69, 9.17) is 4.74 Å². The number of sulfonamides is 1. The number of imidazole rings is 1. The summed E-state index contributed by atoms with van der Waals surface area (Å²) in [5.74, 6) is -0.379. The van der Waals surface area contributed by atoms with Gasteiger partial charge in [0.25, 0.3) is 10.0 Å². The summed E-state index contributed by atoms with van der Waals surface area (Å²) in [6, 6.07) is 27.2. The molecule has 0 atom stereocenters. The molecule has 3 aromatic carbocycles. The summed E-state index contributed by atoms with van der Waals surface area (Å²) in [6.45, 7) is 0. The molecule has 0 saturated heterocycles. The zero-order chi connectivity index (χ0) is 32.0. The Hall–Kier alpha value is -5.03. The fourth-order valence-corrected chi connectivity index (χ4v) is 7.06. The average Bonchev–Trinajstić information content (AvgIpc) is 3.55. The maximum absolute atomic E-state index is 13.4. The van der Waals surface area contributed by atoms with Gasteiger partial charge in [-0.2, -0.15) is 8.42 Å². The molecule has 0 unspecified atom stereocenters. The molecule has 0 bridgehead atoms. The standard InChI is InChI=1S/C35H35N5O5S/c41-30-22-35(19-17-25-9-3-1-4-10-25,20-18-26-11-5-2-6-12-26)45-34(42)29(30)16-8-14-27-13-7-15-28(21-27)40-46(43,44)33-31-32(37-23-36-31)38-24-39-33/h1-7,9-13,15,21,23-24,40-41H,8,14,16-20,22H2,(H,36,37,38,39). The number of aromatic amines is 1. The molecule has 6 rings (SSSR count). The van der Waals surface area contributed by atoms with Crippen molar-refractivity contribution >= 4 is 32.8 Å². The van der Waals surface area contributed by atoms with Gasteiger partial charge in [-0.25, -0.2) is 19.7 Å². The van der Waals surface area contributed by atoms with Crippen LogP contribution >= 0.6 is 0 Å². The highest BCUT2D eigenvalue weighted by Gasteiger charge is 2.41. The van der Waals surface area contributed by atoms with E-state index in [-0.39, 0.29) is 28.4 Å². The number of rotatable bonds is 13. The molecule has 1 aliphatic rings. The first-order valence-electron chi connectivity index (χ1n) is 15.3. The lowest BCUT2D eigenvalue weighted by atomic mass is 9.82. The van der Waals surface area contributed by atoms with E-state index in [1.54, 1.807) is 18.2 Å². The van der Waals surface area contributed by atoms with E-state index < -0.39 is 21.6 Å². The minimum Gasteiger partial charge on any atom is -0.512 e. The van der Waals surface area contributed by atoms with Crippen LogP contribution < -0.4 is 4.72 Å². The molecular formula is C35H35N5O5S. The Bertz CT molecular complexity index is 1920. The predicted molar refractivity (Wildman–Crippen MR) is 174 cm³/mol. The summed E-state index contributed by atoms with van der Waals surface area (Å²) in [5.41, 5.74) is 3.55. The lowest BCUT2D eigenvalue weighted by molar-refractivity contribution is -0.160. The second kappa shape index (κ2) is 13.5. The van der Waals surface area contributed by atoms with Crippen LogP contribution in [0.5, 0.6) is 0 Å². The third kappa shape index (κ3) is 7.26. The van der Waals surface area contributed by atoms with Crippen molar-refractivity contribution in [3.63, 3.8) is 0 Å². The monoisotopic (exact) mass is 637 g/mol. The Morgan fingerprint density at radius 1 is 0.826 bits per heavy atom. The number of aryl methyl sites for hydroxylation is 3. The second-order valence-corrected chi connectivity index (χ2v) is 13.2. The molecule has 0 spiro atoms. The minimum atomic E-state index is -4.01. The van der Waals surface area contributed by atoms with Gasteiger partial charge < -0.3 is 14.8 Å². The quantitative estimate of drug-likeness (QED) is 0.102. The molecule has 1 aliphatic heterocycles. The number of aliphatic hydroxyl groups is 1. The summed E-state index contributed by atoms with van der Waals surface area (Å²) >= 11 is 0. The van der Waals surface area contributed by atoms with Crippen molar-refractivity contribution < 1.29 is 23.1 Å². The van der Waals surface area contributed by atoms with Gasteiger partial charge in [-0.15, -0.1) is 0 Å². The highest BCUT2D eigenvalue weighted by molar-refractivity contribution is 7.92. The van der Waals surface area contributed by atoms with E-state index >= 15 is 0 Å². The van der Waals surface area contributed by atoms with Crippen molar-refractivity contribution in [2.45, 2.75) is 62.0 Å². The molecule has 3 heterocycles. The third-order valence-electron chi connectivity index (χ3n) is 8.33. The smallest absolute Gasteiger partial charge is 0.337 e. The molecule has 0 aliphatic carbocycles. The first kappa shape index (κ1) is 31.0. The van der Waals surface area contributed by atoms with Crippen LogP contribution in [0.25, 0.3) is 11.2 Å². The number of hydrogen-bond acceptors (Lipinski definition) is 8. The number of anilines is 1. The Kier molecular flexibility index (Phi) is 9.11. The number of aromatic nitrogens is 4. The second-order valence-electron chi connectivity index (χ2n) is 11.6. The molecular weight excluding hydrogens is 602 g/mol. The molecule has 11 heteroatoms. The average molecular weight is 638 g/mol. The molecule has 2 aromatic heterocycles. The molecule has 0 fully saturated rings. The number of aliphatic hydroxyl groups excluding tert-OH is 1. The van der Waals surface area contributed by atoms with Gasteiger partial charge in [-0.1, -0.05) is 72.8 Å². The molecule has 10 nitrogen and oxygen atoms in total. The van der Waals surface area contributed by atoms with E-state index in [1.807, 2.05) is 42.5 Å². The lowest BCUT2D eigenvalue weighted by Crippen LogP contribution is -2.41. The number of cyclic esters (lactones) is 1. The summed E-state index contributed by atoms with van der Waals surface area (Å²) < 4.78 is 35.0. The normalized spacial score (nSPS) is 14.7. The maximum atomic E-state index is 13.4. The van der Waals surface area contributed by atoms with Gasteiger partial charge in [-0.05, 0) is 73.8 Å². The fourth-order valence-electron chi connectivity index (χ4n) is 5.92. The van der Waals surface area contributed by atoms with Gasteiger partial charge in [0.15, 0.2) is 5.65 Å². The van der Waals surface area contributed by atoms with Crippen LogP contribution in [0.15, 0.2) is 114 Å². The van der Waals surface area contributed by atoms with Crippen LogP contribution in [0.1, 0.15) is 48.8 Å². The third-order valence-corrected chi connectivity index (χ3v) is 9.66. The predicted octanol–water partition coefficient (Wildman–Crippen LogP) is 6.24. The number of carbonyl (C=O) groups excluding carboxylic acids is 1. The zero-order valence-electron chi connectivity index (χ0n) is 25.2. The number of esters is 1. The number of nitrogens with zero attached hydrogens (tertiary/aromatic N) is 3. The topological polar surface area (TPSA) is 147 Å². The van der Waals surface area contributed by atoms with Crippen LogP contribution in [0.2, 0.25) is 0 Å². The minimum absolute atomic E-state index is 0.0915. The molecule has 0 saturated carbocycles. The van der Waals surface area contributed by atoms with Gasteiger partial charge in [0.1, 0.15) is 23.2 Å². The number of carbonyl (C=O) groups is 1. The molecule has 3 N–H and O–H groups in total. The summed E-state index contributed by atoms with van der Waals surface area (Å²) in [4.78, 5) is 28.1. The van der Waals surface area contributed by atoms with Crippen LogP contribution in [0.4, 0.5) is 5.69 Å².